The Morgan fingerprint density at radius 2 is 1.96 bits per heavy atom. The largest absolute Gasteiger partial charge is 0.489 e. The van der Waals surface area contributed by atoms with Crippen LogP contribution in [0.3, 0.4) is 0 Å². The molecule has 2 heterocycles. The molecule has 0 radical (unpaired) electrons. The third-order valence-corrected chi connectivity index (χ3v) is 5.54. The molecule has 0 spiro atoms. The van der Waals surface area contributed by atoms with Crippen molar-refractivity contribution in [1.29, 1.82) is 0 Å². The molecule has 1 aliphatic heterocycles. The van der Waals surface area contributed by atoms with Crippen LogP contribution in [0.1, 0.15) is 27.1 Å². The van der Waals surface area contributed by atoms with E-state index < -0.39 is 0 Å². The van der Waals surface area contributed by atoms with Crippen LogP contribution in [-0.2, 0) is 13.0 Å². The number of thiophene rings is 1. The summed E-state index contributed by atoms with van der Waals surface area (Å²) in [7, 11) is 0. The highest BCUT2D eigenvalue weighted by Gasteiger charge is 2.13. The van der Waals surface area contributed by atoms with Crippen molar-refractivity contribution in [3.8, 4) is 5.75 Å². The van der Waals surface area contributed by atoms with Crippen molar-refractivity contribution in [2.75, 3.05) is 6.54 Å². The van der Waals surface area contributed by atoms with Gasteiger partial charge in [0, 0.05) is 17.0 Å². The molecular formula is C23H21NOS. The fraction of sp³-hybridized carbons (Fsp3) is 0.174. The molecule has 2 nitrogen and oxygen atoms in total. The molecule has 0 bridgehead atoms. The molecular weight excluding hydrogens is 338 g/mol. The van der Waals surface area contributed by atoms with Gasteiger partial charge >= 0.3 is 0 Å². The minimum absolute atomic E-state index is 0.595. The lowest BCUT2D eigenvalue weighted by Crippen LogP contribution is -2.11. The van der Waals surface area contributed by atoms with Crippen LogP contribution in [0, 0.1) is 6.92 Å². The number of aryl methyl sites for hydroxylation is 1. The average molecular weight is 359 g/mol. The maximum atomic E-state index is 5.97. The highest BCUT2D eigenvalue weighted by atomic mass is 32.1. The van der Waals surface area contributed by atoms with Crippen molar-refractivity contribution in [1.82, 2.24) is 0 Å². The van der Waals surface area contributed by atoms with Crippen LogP contribution >= 0.6 is 11.3 Å². The predicted octanol–water partition coefficient (Wildman–Crippen LogP) is 5.69. The molecule has 0 unspecified atom stereocenters. The zero-order valence-electron chi connectivity index (χ0n) is 14.8. The molecule has 0 saturated carbocycles. The number of benzene rings is 2. The van der Waals surface area contributed by atoms with Gasteiger partial charge < -0.3 is 4.74 Å². The summed E-state index contributed by atoms with van der Waals surface area (Å²) in [6.45, 7) is 3.57. The number of hydrogen-bond donors (Lipinski definition) is 0. The number of ether oxygens (including phenoxy) is 1. The molecule has 0 atom stereocenters. The Kier molecular flexibility index (Phi) is 4.98. The smallest absolute Gasteiger partial charge is 0.120 e. The Balaban J connectivity index is 1.50. The topological polar surface area (TPSA) is 21.6 Å². The van der Waals surface area contributed by atoms with Crippen LogP contribution in [0.4, 0.5) is 0 Å². The van der Waals surface area contributed by atoms with Crippen LogP contribution in [0.5, 0.6) is 5.75 Å². The van der Waals surface area contributed by atoms with E-state index in [0.29, 0.717) is 6.61 Å². The van der Waals surface area contributed by atoms with E-state index >= 15 is 0 Å². The lowest BCUT2D eigenvalue weighted by atomic mass is 9.97. The Labute approximate surface area is 158 Å². The second kappa shape index (κ2) is 7.71. The van der Waals surface area contributed by atoms with Crippen LogP contribution in [0.2, 0.25) is 0 Å². The van der Waals surface area contributed by atoms with E-state index in [1.54, 1.807) is 11.3 Å². The van der Waals surface area contributed by atoms with E-state index in [1.807, 2.05) is 24.3 Å². The molecule has 2 aromatic carbocycles. The van der Waals surface area contributed by atoms with Gasteiger partial charge in [-0.15, -0.1) is 11.3 Å². The van der Waals surface area contributed by atoms with E-state index in [2.05, 4.69) is 54.8 Å². The van der Waals surface area contributed by atoms with Gasteiger partial charge in [-0.25, -0.2) is 0 Å². The molecule has 0 amide bonds. The SMILES string of the molecule is Cc1ccsc1/C=C/C1=NCCc2cc(OCc3ccccc3)ccc21. The van der Waals surface area contributed by atoms with E-state index in [0.717, 1.165) is 24.4 Å². The quantitative estimate of drug-likeness (QED) is 0.573. The summed E-state index contributed by atoms with van der Waals surface area (Å²) in [6, 6.07) is 18.8. The number of fused-ring (bicyclic) bond motifs is 1. The van der Waals surface area contributed by atoms with Gasteiger partial charge in [0.2, 0.25) is 0 Å². The Morgan fingerprint density at radius 1 is 1.08 bits per heavy atom. The monoisotopic (exact) mass is 359 g/mol. The van der Waals surface area contributed by atoms with Crippen molar-refractivity contribution >= 4 is 23.1 Å². The van der Waals surface area contributed by atoms with Gasteiger partial charge in [-0.05, 0) is 71.8 Å². The number of hydrogen-bond acceptors (Lipinski definition) is 3. The number of aliphatic imine (C=N–C) groups is 1. The van der Waals surface area contributed by atoms with Crippen LogP contribution in [0.25, 0.3) is 6.08 Å². The molecule has 0 N–H and O–H groups in total. The molecule has 1 aromatic heterocycles. The first-order valence-electron chi connectivity index (χ1n) is 8.86. The maximum Gasteiger partial charge on any atom is 0.120 e. The average Bonchev–Trinajstić information content (AvgIpc) is 3.10. The van der Waals surface area contributed by atoms with Gasteiger partial charge in [-0.2, -0.15) is 0 Å². The minimum atomic E-state index is 0.595. The van der Waals surface area contributed by atoms with Crippen LogP contribution in [-0.4, -0.2) is 12.3 Å². The first kappa shape index (κ1) is 16.8. The Hall–Kier alpha value is -2.65. The van der Waals surface area contributed by atoms with Crippen molar-refractivity contribution in [3.05, 3.63) is 93.2 Å². The third-order valence-electron chi connectivity index (χ3n) is 4.56. The zero-order valence-corrected chi connectivity index (χ0v) is 15.6. The molecule has 0 saturated heterocycles. The fourth-order valence-electron chi connectivity index (χ4n) is 3.09. The van der Waals surface area contributed by atoms with Crippen LogP contribution < -0.4 is 4.74 Å². The van der Waals surface area contributed by atoms with Crippen molar-refractivity contribution in [2.24, 2.45) is 4.99 Å². The standard InChI is InChI=1S/C23H21NOS/c1-17-12-14-26-23(17)10-9-22-21-8-7-20(15-19(21)11-13-24-22)25-16-18-5-3-2-4-6-18/h2-10,12,14-15H,11,13,16H2,1H3/b10-9+. The van der Waals surface area contributed by atoms with Crippen molar-refractivity contribution in [2.45, 2.75) is 20.0 Å². The Morgan fingerprint density at radius 3 is 2.77 bits per heavy atom. The van der Waals surface area contributed by atoms with Crippen molar-refractivity contribution in [3.63, 3.8) is 0 Å². The van der Waals surface area contributed by atoms with Gasteiger partial charge in [0.25, 0.3) is 0 Å². The third kappa shape index (κ3) is 3.78. The number of allylic oxidation sites excluding steroid dienone is 1. The minimum Gasteiger partial charge on any atom is -0.489 e. The number of rotatable bonds is 5. The molecule has 130 valence electrons. The summed E-state index contributed by atoms with van der Waals surface area (Å²) >= 11 is 1.76. The molecule has 1 aliphatic rings. The molecule has 3 heteroatoms. The van der Waals surface area contributed by atoms with E-state index in [9.17, 15) is 0 Å². The molecule has 3 aromatic rings. The summed E-state index contributed by atoms with van der Waals surface area (Å²) in [5.74, 6) is 0.923. The summed E-state index contributed by atoms with van der Waals surface area (Å²) in [6.07, 6.45) is 5.28. The zero-order chi connectivity index (χ0) is 17.8. The highest BCUT2D eigenvalue weighted by molar-refractivity contribution is 7.11. The summed E-state index contributed by atoms with van der Waals surface area (Å²) in [5, 5.41) is 2.13. The summed E-state index contributed by atoms with van der Waals surface area (Å²) in [4.78, 5) is 6.01. The van der Waals surface area contributed by atoms with Gasteiger partial charge in [0.15, 0.2) is 0 Å². The van der Waals surface area contributed by atoms with Gasteiger partial charge in [-0.1, -0.05) is 30.3 Å². The number of nitrogens with zero attached hydrogens (tertiary/aromatic N) is 1. The van der Waals surface area contributed by atoms with E-state index in [4.69, 9.17) is 9.73 Å². The van der Waals surface area contributed by atoms with Gasteiger partial charge in [0.05, 0.1) is 5.71 Å². The van der Waals surface area contributed by atoms with Gasteiger partial charge in [-0.3, -0.25) is 4.99 Å². The molecule has 0 aliphatic carbocycles. The lowest BCUT2D eigenvalue weighted by molar-refractivity contribution is 0.306. The first-order valence-corrected chi connectivity index (χ1v) is 9.74. The second-order valence-electron chi connectivity index (χ2n) is 6.41. The normalized spacial score (nSPS) is 13.5. The van der Waals surface area contributed by atoms with E-state index in [-0.39, 0.29) is 0 Å². The highest BCUT2D eigenvalue weighted by Crippen LogP contribution is 2.24. The van der Waals surface area contributed by atoms with Crippen molar-refractivity contribution < 1.29 is 4.74 Å². The molecule has 4 rings (SSSR count). The first-order chi connectivity index (χ1) is 12.8. The van der Waals surface area contributed by atoms with Crippen LogP contribution in [0.15, 0.2) is 71.0 Å². The summed E-state index contributed by atoms with van der Waals surface area (Å²) in [5.41, 5.74) is 6.09. The lowest BCUT2D eigenvalue weighted by Gasteiger charge is -2.16. The predicted molar refractivity (Wildman–Crippen MR) is 110 cm³/mol. The van der Waals surface area contributed by atoms with E-state index in [1.165, 1.54) is 27.1 Å². The second-order valence-corrected chi connectivity index (χ2v) is 7.36. The molecule has 26 heavy (non-hydrogen) atoms. The Bertz CT molecular complexity index is 953. The maximum absolute atomic E-state index is 5.97. The molecule has 0 fully saturated rings. The summed E-state index contributed by atoms with van der Waals surface area (Å²) < 4.78 is 5.97. The fourth-order valence-corrected chi connectivity index (χ4v) is 3.91. The van der Waals surface area contributed by atoms with Gasteiger partial charge in [0.1, 0.15) is 12.4 Å².